The molecular formula is C32H36Cl2N2O9. The summed E-state index contributed by atoms with van der Waals surface area (Å²) in [6.45, 7) is 3.22. The fourth-order valence-electron chi connectivity index (χ4n) is 6.99. The van der Waals surface area contributed by atoms with Crippen LogP contribution in [0.2, 0.25) is 10.0 Å². The maximum absolute atomic E-state index is 12.6. The number of ether oxygens (including phenoxy) is 4. The number of benzene rings is 2. The van der Waals surface area contributed by atoms with Gasteiger partial charge in [0, 0.05) is 28.3 Å². The van der Waals surface area contributed by atoms with Crippen LogP contribution in [-0.4, -0.2) is 87.7 Å². The fourth-order valence-corrected chi connectivity index (χ4v) is 7.66. The summed E-state index contributed by atoms with van der Waals surface area (Å²) in [7, 11) is 3.57. The third kappa shape index (κ3) is 5.24. The van der Waals surface area contributed by atoms with Crippen LogP contribution in [0.3, 0.4) is 0 Å². The minimum absolute atomic E-state index is 0.0227. The van der Waals surface area contributed by atoms with E-state index in [1.165, 1.54) is 12.1 Å². The van der Waals surface area contributed by atoms with Gasteiger partial charge in [-0.2, -0.15) is 0 Å². The normalized spacial score (nSPS) is 33.7. The second-order valence-electron chi connectivity index (χ2n) is 12.6. The van der Waals surface area contributed by atoms with Gasteiger partial charge in [-0.3, -0.25) is 4.79 Å². The first kappa shape index (κ1) is 32.2. The zero-order chi connectivity index (χ0) is 32.6. The molecule has 0 saturated carbocycles. The summed E-state index contributed by atoms with van der Waals surface area (Å²) < 4.78 is 24.8. The molecule has 8 unspecified atom stereocenters. The molecule has 5 aliphatic heterocycles. The van der Waals surface area contributed by atoms with Gasteiger partial charge in [-0.15, -0.1) is 0 Å². The van der Waals surface area contributed by atoms with E-state index in [0.29, 0.717) is 27.8 Å². The van der Waals surface area contributed by atoms with Gasteiger partial charge in [0.1, 0.15) is 24.9 Å². The molecule has 2 aromatic carbocycles. The Bertz CT molecular complexity index is 1570. The number of carbonyl (C=O) groups is 1. The van der Waals surface area contributed by atoms with Crippen molar-refractivity contribution < 1.29 is 44.2 Å². The molecule has 5 heterocycles. The van der Waals surface area contributed by atoms with Gasteiger partial charge in [0.25, 0.3) is 0 Å². The number of hydrogen-bond acceptors (Lipinski definition) is 11. The van der Waals surface area contributed by atoms with E-state index in [4.69, 9.17) is 47.9 Å². The number of carbonyl (C=O) groups excluding carboxylic acids is 1. The molecule has 2 aliphatic carbocycles. The van der Waals surface area contributed by atoms with Crippen molar-refractivity contribution >= 4 is 34.7 Å². The molecule has 0 amide bonds. The van der Waals surface area contributed by atoms with Crippen LogP contribution < -0.4 is 10.5 Å². The van der Waals surface area contributed by atoms with Gasteiger partial charge in [-0.05, 0) is 51.7 Å². The Labute approximate surface area is 270 Å². The number of phenols is 1. The van der Waals surface area contributed by atoms with Gasteiger partial charge < -0.3 is 50.0 Å². The molecule has 11 nitrogen and oxygen atoms in total. The molecule has 8 atom stereocenters. The molecule has 1 saturated heterocycles. The summed E-state index contributed by atoms with van der Waals surface area (Å²) in [4.78, 5) is 14.3. The summed E-state index contributed by atoms with van der Waals surface area (Å²) in [5.41, 5.74) is 5.98. The number of fused-ring (bicyclic) bond motifs is 1. The van der Waals surface area contributed by atoms with E-state index in [1.807, 2.05) is 0 Å². The van der Waals surface area contributed by atoms with Crippen LogP contribution in [0, 0.1) is 0 Å². The number of allylic oxidation sites excluding steroid dienone is 2. The van der Waals surface area contributed by atoms with Crippen LogP contribution >= 0.6 is 23.2 Å². The molecular weight excluding hydrogens is 627 g/mol. The number of esters is 1. The molecule has 242 valence electrons. The number of phenolic OH excluding ortho intramolecular Hbond substituents is 1. The predicted octanol–water partition coefficient (Wildman–Crippen LogP) is 3.31. The highest BCUT2D eigenvalue weighted by molar-refractivity contribution is 6.34. The number of likely N-dealkylation sites (N-methyl/N-ethyl adjacent to an activating group) is 1. The number of nitrogens with two attached hydrogens (primary N) is 1. The lowest BCUT2D eigenvalue weighted by Gasteiger charge is -2.51. The predicted molar refractivity (Wildman–Crippen MR) is 165 cm³/mol. The number of rotatable bonds is 3. The van der Waals surface area contributed by atoms with Crippen LogP contribution in [0.5, 0.6) is 11.5 Å². The molecule has 2 aromatic rings. The van der Waals surface area contributed by atoms with E-state index in [2.05, 4.69) is 0 Å². The average molecular weight is 664 g/mol. The molecule has 7 aliphatic rings. The highest BCUT2D eigenvalue weighted by Gasteiger charge is 2.59. The number of aliphatic hydroxyl groups excluding tert-OH is 3. The van der Waals surface area contributed by atoms with E-state index in [1.54, 1.807) is 63.2 Å². The van der Waals surface area contributed by atoms with Crippen molar-refractivity contribution in [3.63, 3.8) is 0 Å². The van der Waals surface area contributed by atoms with E-state index in [-0.39, 0.29) is 34.6 Å². The number of halogens is 2. The SMILES string of the molecule is CN(C)C1C(O)C(O)C(OC23C=CC=C2c2c4ccc(c2Cl)C(O)COC(=O)CC(N)c2cc(O)c(c(Cl)c2)OC43)OC1(C)C. The lowest BCUT2D eigenvalue weighted by molar-refractivity contribution is -0.329. The summed E-state index contributed by atoms with van der Waals surface area (Å²) in [5, 5.41) is 44.8. The summed E-state index contributed by atoms with van der Waals surface area (Å²) in [5.74, 6) is -1.08. The van der Waals surface area contributed by atoms with Gasteiger partial charge >= 0.3 is 5.97 Å². The smallest absolute Gasteiger partial charge is 0.307 e. The Hall–Kier alpha value is -2.71. The van der Waals surface area contributed by atoms with Gasteiger partial charge in [0.2, 0.25) is 0 Å². The first-order chi connectivity index (χ1) is 21.2. The van der Waals surface area contributed by atoms with Crippen LogP contribution in [-0.2, 0) is 19.0 Å². The van der Waals surface area contributed by atoms with Crippen molar-refractivity contribution in [3.8, 4) is 11.5 Å². The van der Waals surface area contributed by atoms with Crippen LogP contribution in [0.1, 0.15) is 60.8 Å². The van der Waals surface area contributed by atoms with Crippen molar-refractivity contribution in [2.24, 2.45) is 5.73 Å². The molecule has 9 rings (SSSR count). The largest absolute Gasteiger partial charge is 0.504 e. The van der Waals surface area contributed by atoms with Crippen LogP contribution in [0.15, 0.2) is 42.5 Å². The molecule has 0 aromatic heterocycles. The third-order valence-electron chi connectivity index (χ3n) is 8.98. The van der Waals surface area contributed by atoms with Crippen molar-refractivity contribution in [2.45, 2.75) is 74.3 Å². The zero-order valence-corrected chi connectivity index (χ0v) is 26.6. The molecule has 13 heteroatoms. The summed E-state index contributed by atoms with van der Waals surface area (Å²) >= 11 is 13.6. The minimum Gasteiger partial charge on any atom is -0.504 e. The van der Waals surface area contributed by atoms with Crippen LogP contribution in [0.4, 0.5) is 0 Å². The Morgan fingerprint density at radius 2 is 1.80 bits per heavy atom. The van der Waals surface area contributed by atoms with Gasteiger partial charge in [-0.25, -0.2) is 0 Å². The number of hydrogen-bond donors (Lipinski definition) is 5. The lowest BCUT2D eigenvalue weighted by Crippen LogP contribution is -2.67. The second-order valence-corrected chi connectivity index (χ2v) is 13.4. The maximum atomic E-state index is 12.6. The average Bonchev–Trinajstić information content (AvgIpc) is 3.46. The van der Waals surface area contributed by atoms with Crippen molar-refractivity contribution in [1.29, 1.82) is 0 Å². The second kappa shape index (κ2) is 11.5. The topological polar surface area (TPSA) is 164 Å². The van der Waals surface area contributed by atoms with Gasteiger partial charge in [0.05, 0.1) is 28.1 Å². The molecule has 0 spiro atoms. The van der Waals surface area contributed by atoms with E-state index in [9.17, 15) is 25.2 Å². The number of aromatic hydroxyl groups is 1. The fraction of sp³-hybridized carbons (Fsp3) is 0.469. The Kier molecular flexibility index (Phi) is 8.25. The van der Waals surface area contributed by atoms with E-state index < -0.39 is 60.0 Å². The molecule has 6 N–H and O–H groups in total. The molecule has 6 bridgehead atoms. The van der Waals surface area contributed by atoms with Gasteiger partial charge in [0.15, 0.2) is 29.5 Å². The Balaban J connectivity index is 1.50. The first-order valence-corrected chi connectivity index (χ1v) is 15.3. The highest BCUT2D eigenvalue weighted by atomic mass is 35.5. The van der Waals surface area contributed by atoms with Gasteiger partial charge in [-0.1, -0.05) is 47.5 Å². The van der Waals surface area contributed by atoms with Crippen LogP contribution in [0.25, 0.3) is 5.57 Å². The Morgan fingerprint density at radius 3 is 2.49 bits per heavy atom. The molecule has 45 heavy (non-hydrogen) atoms. The Morgan fingerprint density at radius 1 is 1.09 bits per heavy atom. The third-order valence-corrected chi connectivity index (χ3v) is 9.67. The van der Waals surface area contributed by atoms with Crippen molar-refractivity contribution in [1.82, 2.24) is 4.90 Å². The zero-order valence-electron chi connectivity index (χ0n) is 25.1. The number of aliphatic hydroxyl groups is 3. The first-order valence-electron chi connectivity index (χ1n) is 14.6. The lowest BCUT2D eigenvalue weighted by atomic mass is 9.86. The standard InChI is InChI=1S/C32H36Cl2N2O9/c1-31(2)28(36(3)4)25(40)26(41)30(44-31)45-32-9-5-6-17(32)23-16-8-7-15(24(23)34)21(38)13-42-22(39)12-19(35)14-10-18(33)27(20(37)11-14)43-29(16)32/h5-11,19,21,25-26,28-30,37-38,40-41H,12-13,35H2,1-4H3. The summed E-state index contributed by atoms with van der Waals surface area (Å²) in [6.07, 6.45) is -1.35. The summed E-state index contributed by atoms with van der Waals surface area (Å²) in [6, 6.07) is 4.72. The highest BCUT2D eigenvalue weighted by Crippen LogP contribution is 2.59. The van der Waals surface area contributed by atoms with Crippen molar-refractivity contribution in [2.75, 3.05) is 20.7 Å². The van der Waals surface area contributed by atoms with Crippen molar-refractivity contribution in [3.05, 3.63) is 74.8 Å². The van der Waals surface area contributed by atoms with E-state index >= 15 is 0 Å². The number of nitrogens with zero attached hydrogens (tertiary/aromatic N) is 1. The van der Waals surface area contributed by atoms with E-state index in [0.717, 1.165) is 0 Å². The monoisotopic (exact) mass is 662 g/mol. The molecule has 1 fully saturated rings. The minimum atomic E-state index is -1.49. The maximum Gasteiger partial charge on any atom is 0.307 e. The molecule has 0 radical (unpaired) electrons. The quantitative estimate of drug-likeness (QED) is 0.306.